The fraction of sp³-hybridized carbons (Fsp3) is 0.333. The van der Waals surface area contributed by atoms with Gasteiger partial charge in [-0.3, -0.25) is 4.79 Å². The summed E-state index contributed by atoms with van der Waals surface area (Å²) in [4.78, 5) is 28.3. The molecule has 0 radical (unpaired) electrons. The number of nitrogens with zero attached hydrogens (tertiary/aromatic N) is 2. The molecule has 1 N–H and O–H groups in total. The Hall–Kier alpha value is -2.65. The van der Waals surface area contributed by atoms with Crippen LogP contribution in [0.15, 0.2) is 47.5 Å². The number of para-hydroxylation sites is 1. The summed E-state index contributed by atoms with van der Waals surface area (Å²) in [6.07, 6.45) is 2.92. The van der Waals surface area contributed by atoms with Crippen molar-refractivity contribution in [2.75, 3.05) is 31.6 Å². The smallest absolute Gasteiger partial charge is 0.355 e. The molecule has 3 rings (SSSR count). The molecule has 0 spiro atoms. The van der Waals surface area contributed by atoms with Gasteiger partial charge >= 0.3 is 5.97 Å². The van der Waals surface area contributed by atoms with Crippen LogP contribution in [0.3, 0.4) is 0 Å². The molecule has 1 fully saturated rings. The monoisotopic (exact) mass is 391 g/mol. The topological polar surface area (TPSA) is 99.8 Å². The highest BCUT2D eigenvalue weighted by atomic mass is 32.2. The molecular weight excluding hydrogens is 370 g/mol. The number of carbonyl (C=O) groups is 2. The van der Waals surface area contributed by atoms with E-state index in [1.54, 1.807) is 31.3 Å². The minimum Gasteiger partial charge on any atom is -0.451 e. The molecule has 1 amide bonds. The van der Waals surface area contributed by atoms with Gasteiger partial charge in [0.05, 0.1) is 0 Å². The Kier molecular flexibility index (Phi) is 5.62. The van der Waals surface area contributed by atoms with Crippen molar-refractivity contribution in [2.24, 2.45) is 0 Å². The van der Waals surface area contributed by atoms with Gasteiger partial charge < -0.3 is 14.6 Å². The van der Waals surface area contributed by atoms with Crippen LogP contribution in [0.25, 0.3) is 0 Å². The number of amides is 1. The first kappa shape index (κ1) is 19.1. The first-order valence-corrected chi connectivity index (χ1v) is 10.0. The summed E-state index contributed by atoms with van der Waals surface area (Å²) in [5, 5.41) is 0. The van der Waals surface area contributed by atoms with Crippen LogP contribution >= 0.6 is 0 Å². The van der Waals surface area contributed by atoms with E-state index in [0.29, 0.717) is 18.8 Å². The van der Waals surface area contributed by atoms with Gasteiger partial charge in [-0.05, 0) is 31.0 Å². The number of anilines is 1. The molecule has 2 aromatic rings. The number of aromatic amines is 1. The fourth-order valence-electron chi connectivity index (χ4n) is 2.82. The zero-order valence-electron chi connectivity index (χ0n) is 14.9. The number of carbonyl (C=O) groups excluding carboxylic acids is 2. The number of nitrogens with one attached hydrogen (secondary N) is 1. The largest absolute Gasteiger partial charge is 0.451 e. The molecule has 1 aliphatic rings. The number of ether oxygens (including phenoxy) is 1. The van der Waals surface area contributed by atoms with E-state index in [4.69, 9.17) is 4.74 Å². The van der Waals surface area contributed by atoms with Crippen LogP contribution in [0, 0.1) is 0 Å². The van der Waals surface area contributed by atoms with Crippen molar-refractivity contribution in [3.8, 4) is 0 Å². The third-order valence-corrected chi connectivity index (χ3v) is 6.30. The van der Waals surface area contributed by atoms with Gasteiger partial charge in [-0.25, -0.2) is 13.2 Å². The summed E-state index contributed by atoms with van der Waals surface area (Å²) in [7, 11) is -2.03. The second-order valence-electron chi connectivity index (χ2n) is 6.22. The first-order chi connectivity index (χ1) is 12.9. The summed E-state index contributed by atoms with van der Waals surface area (Å²) in [6, 6.07) is 10.2. The normalized spacial score (nSPS) is 14.9. The third-order valence-electron chi connectivity index (χ3n) is 4.42. The minimum atomic E-state index is -3.61. The van der Waals surface area contributed by atoms with Crippen LogP contribution in [0.1, 0.15) is 23.3 Å². The van der Waals surface area contributed by atoms with Gasteiger partial charge in [-0.2, -0.15) is 4.31 Å². The quantitative estimate of drug-likeness (QED) is 0.755. The number of rotatable bonds is 6. The molecule has 0 unspecified atom stereocenters. The van der Waals surface area contributed by atoms with E-state index in [9.17, 15) is 18.0 Å². The van der Waals surface area contributed by atoms with Crippen LogP contribution in [0.4, 0.5) is 5.69 Å². The van der Waals surface area contributed by atoms with Gasteiger partial charge in [0, 0.05) is 32.0 Å². The van der Waals surface area contributed by atoms with Gasteiger partial charge in [0.15, 0.2) is 6.61 Å². The lowest BCUT2D eigenvalue weighted by atomic mass is 10.3. The number of aromatic nitrogens is 1. The molecule has 1 aromatic carbocycles. The summed E-state index contributed by atoms with van der Waals surface area (Å²) in [5.41, 5.74) is 0.667. The van der Waals surface area contributed by atoms with Crippen LogP contribution in [-0.4, -0.2) is 56.3 Å². The average molecular weight is 391 g/mol. The number of sulfonamides is 1. The van der Waals surface area contributed by atoms with Crippen molar-refractivity contribution in [2.45, 2.75) is 17.7 Å². The zero-order valence-corrected chi connectivity index (χ0v) is 15.7. The van der Waals surface area contributed by atoms with Crippen LogP contribution in [-0.2, 0) is 19.6 Å². The molecule has 144 valence electrons. The molecular formula is C18H21N3O5S. The lowest BCUT2D eigenvalue weighted by Crippen LogP contribution is -2.31. The SMILES string of the molecule is CN(C(=O)COC(=O)c1cc(S(=O)(=O)N2CCCC2)c[nH]1)c1ccccc1. The Labute approximate surface area is 157 Å². The van der Waals surface area contributed by atoms with Crippen molar-refractivity contribution in [1.29, 1.82) is 0 Å². The van der Waals surface area contributed by atoms with Crippen molar-refractivity contribution in [3.63, 3.8) is 0 Å². The van der Waals surface area contributed by atoms with E-state index < -0.39 is 28.5 Å². The van der Waals surface area contributed by atoms with Gasteiger partial charge in [0.25, 0.3) is 5.91 Å². The fourth-order valence-corrected chi connectivity index (χ4v) is 4.33. The van der Waals surface area contributed by atoms with E-state index in [2.05, 4.69) is 4.98 Å². The lowest BCUT2D eigenvalue weighted by Gasteiger charge is -2.16. The predicted octanol–water partition coefficient (Wildman–Crippen LogP) is 1.62. The molecule has 2 heterocycles. The van der Waals surface area contributed by atoms with E-state index in [1.807, 2.05) is 6.07 Å². The summed E-state index contributed by atoms with van der Waals surface area (Å²) >= 11 is 0. The average Bonchev–Trinajstić information content (AvgIpc) is 3.38. The molecule has 1 saturated heterocycles. The molecule has 0 aliphatic carbocycles. The van der Waals surface area contributed by atoms with Gasteiger partial charge in [-0.1, -0.05) is 18.2 Å². The molecule has 0 bridgehead atoms. The molecule has 1 aromatic heterocycles. The standard InChI is InChI=1S/C18H21N3O5S/c1-20(14-7-3-2-4-8-14)17(22)13-26-18(23)16-11-15(12-19-16)27(24,25)21-9-5-6-10-21/h2-4,7-8,11-12,19H,5-6,9-10,13H2,1H3. The van der Waals surface area contributed by atoms with Crippen molar-refractivity contribution in [1.82, 2.24) is 9.29 Å². The Balaban J connectivity index is 1.60. The highest BCUT2D eigenvalue weighted by molar-refractivity contribution is 7.89. The van der Waals surface area contributed by atoms with Gasteiger partial charge in [-0.15, -0.1) is 0 Å². The molecule has 0 atom stereocenters. The summed E-state index contributed by atoms with van der Waals surface area (Å²) in [5.74, 6) is -1.18. The van der Waals surface area contributed by atoms with Crippen LogP contribution in [0.5, 0.6) is 0 Å². The highest BCUT2D eigenvalue weighted by Crippen LogP contribution is 2.21. The zero-order chi connectivity index (χ0) is 19.4. The second kappa shape index (κ2) is 7.93. The van der Waals surface area contributed by atoms with Gasteiger partial charge in [0.1, 0.15) is 10.6 Å². The van der Waals surface area contributed by atoms with Crippen molar-refractivity contribution < 1.29 is 22.7 Å². The maximum atomic E-state index is 12.5. The van der Waals surface area contributed by atoms with E-state index in [1.165, 1.54) is 21.5 Å². The molecule has 1 aliphatic heterocycles. The number of hydrogen-bond donors (Lipinski definition) is 1. The van der Waals surface area contributed by atoms with Crippen LogP contribution in [0.2, 0.25) is 0 Å². The number of esters is 1. The van der Waals surface area contributed by atoms with Crippen LogP contribution < -0.4 is 4.90 Å². The molecule has 9 heteroatoms. The maximum absolute atomic E-state index is 12.5. The number of hydrogen-bond acceptors (Lipinski definition) is 5. The Morgan fingerprint density at radius 3 is 2.52 bits per heavy atom. The minimum absolute atomic E-state index is 0.0112. The predicted molar refractivity (Wildman–Crippen MR) is 98.9 cm³/mol. The van der Waals surface area contributed by atoms with Crippen molar-refractivity contribution in [3.05, 3.63) is 48.3 Å². The van der Waals surface area contributed by atoms with E-state index >= 15 is 0 Å². The first-order valence-electron chi connectivity index (χ1n) is 8.57. The molecule has 8 nitrogen and oxygen atoms in total. The molecule has 0 saturated carbocycles. The molecule has 27 heavy (non-hydrogen) atoms. The number of benzene rings is 1. The maximum Gasteiger partial charge on any atom is 0.355 e. The number of H-pyrrole nitrogens is 1. The lowest BCUT2D eigenvalue weighted by molar-refractivity contribution is -0.121. The third kappa shape index (κ3) is 4.20. The van der Waals surface area contributed by atoms with E-state index in [0.717, 1.165) is 12.8 Å². The second-order valence-corrected chi connectivity index (χ2v) is 8.16. The van der Waals surface area contributed by atoms with Gasteiger partial charge in [0.2, 0.25) is 10.0 Å². The Morgan fingerprint density at radius 2 is 1.85 bits per heavy atom. The van der Waals surface area contributed by atoms with E-state index in [-0.39, 0.29) is 10.6 Å². The van der Waals surface area contributed by atoms with Crippen molar-refractivity contribution >= 4 is 27.6 Å². The number of likely N-dealkylation sites (N-methyl/N-ethyl adjacent to an activating group) is 1. The Bertz CT molecular complexity index is 917. The summed E-state index contributed by atoms with van der Waals surface area (Å²) < 4.78 is 31.4. The summed E-state index contributed by atoms with van der Waals surface area (Å²) in [6.45, 7) is 0.513. The highest BCUT2D eigenvalue weighted by Gasteiger charge is 2.29. The Morgan fingerprint density at radius 1 is 1.19 bits per heavy atom.